The summed E-state index contributed by atoms with van der Waals surface area (Å²) in [6, 6.07) is 1.90. The molecular formula is C15H24N2. The molecule has 2 nitrogen and oxygen atoms in total. The fraction of sp³-hybridized carbons (Fsp3) is 0.533. The maximum Gasteiger partial charge on any atom is 0.0489 e. The summed E-state index contributed by atoms with van der Waals surface area (Å²) < 4.78 is 0. The van der Waals surface area contributed by atoms with E-state index in [0.29, 0.717) is 11.8 Å². The highest BCUT2D eigenvalue weighted by atomic mass is 14.7. The third-order valence-electron chi connectivity index (χ3n) is 3.23. The highest BCUT2D eigenvalue weighted by Crippen LogP contribution is 2.33. The Kier molecular flexibility index (Phi) is 5.20. The molecule has 0 saturated heterocycles. The molecule has 2 heteroatoms. The van der Waals surface area contributed by atoms with E-state index in [0.717, 1.165) is 24.9 Å². The predicted molar refractivity (Wildman–Crippen MR) is 75.2 cm³/mol. The molecule has 1 rings (SSSR count). The maximum absolute atomic E-state index is 6.08. The number of nitrogens with two attached hydrogens (primary N) is 1. The monoisotopic (exact) mass is 232 g/mol. The first-order valence-electron chi connectivity index (χ1n) is 6.46. The van der Waals surface area contributed by atoms with Gasteiger partial charge in [0, 0.05) is 23.5 Å². The van der Waals surface area contributed by atoms with E-state index < -0.39 is 0 Å². The van der Waals surface area contributed by atoms with Crippen molar-refractivity contribution >= 4 is 5.69 Å². The molecule has 1 unspecified atom stereocenters. The average molecular weight is 232 g/mol. The predicted octanol–water partition coefficient (Wildman–Crippen LogP) is 4.25. The lowest BCUT2D eigenvalue weighted by Crippen LogP contribution is -2.09. The Labute approximate surface area is 105 Å². The van der Waals surface area contributed by atoms with Gasteiger partial charge in [0.25, 0.3) is 0 Å². The van der Waals surface area contributed by atoms with Gasteiger partial charge in [-0.2, -0.15) is 0 Å². The van der Waals surface area contributed by atoms with Crippen LogP contribution in [0.25, 0.3) is 0 Å². The lowest BCUT2D eigenvalue weighted by Gasteiger charge is -2.20. The molecular weight excluding hydrogens is 208 g/mol. The zero-order valence-electron chi connectivity index (χ0n) is 11.2. The zero-order valence-corrected chi connectivity index (χ0v) is 11.2. The fourth-order valence-electron chi connectivity index (χ4n) is 2.31. The lowest BCUT2D eigenvalue weighted by molar-refractivity contribution is 0.586. The summed E-state index contributed by atoms with van der Waals surface area (Å²) >= 11 is 0. The van der Waals surface area contributed by atoms with Gasteiger partial charge in [0.15, 0.2) is 0 Å². The van der Waals surface area contributed by atoms with E-state index >= 15 is 0 Å². The minimum absolute atomic E-state index is 0.427. The number of nitrogens with zero attached hydrogens (tertiary/aromatic N) is 1. The number of allylic oxidation sites excluding steroid dienone is 1. The van der Waals surface area contributed by atoms with Crippen molar-refractivity contribution in [1.82, 2.24) is 4.98 Å². The van der Waals surface area contributed by atoms with Crippen molar-refractivity contribution in [3.63, 3.8) is 0 Å². The van der Waals surface area contributed by atoms with Gasteiger partial charge in [-0.15, -0.1) is 6.58 Å². The number of hydrogen-bond donors (Lipinski definition) is 1. The SMILES string of the molecule is C=CCCC(CC)c1nccc(N)c1C(C)C. The lowest BCUT2D eigenvalue weighted by atomic mass is 9.88. The molecule has 94 valence electrons. The average Bonchev–Trinajstić information content (AvgIpc) is 2.29. The summed E-state index contributed by atoms with van der Waals surface area (Å²) in [7, 11) is 0. The minimum Gasteiger partial charge on any atom is -0.398 e. The molecule has 0 bridgehead atoms. The van der Waals surface area contributed by atoms with Crippen LogP contribution in [0.3, 0.4) is 0 Å². The van der Waals surface area contributed by atoms with Crippen molar-refractivity contribution in [2.45, 2.75) is 51.9 Å². The van der Waals surface area contributed by atoms with Gasteiger partial charge in [0.1, 0.15) is 0 Å². The third-order valence-corrected chi connectivity index (χ3v) is 3.23. The first kappa shape index (κ1) is 13.8. The fourth-order valence-corrected chi connectivity index (χ4v) is 2.31. The van der Waals surface area contributed by atoms with Crippen LogP contribution in [-0.2, 0) is 0 Å². The number of anilines is 1. The van der Waals surface area contributed by atoms with Gasteiger partial charge in [0.05, 0.1) is 0 Å². The maximum atomic E-state index is 6.08. The van der Waals surface area contributed by atoms with Crippen LogP contribution in [0.2, 0.25) is 0 Å². The van der Waals surface area contributed by atoms with E-state index in [9.17, 15) is 0 Å². The van der Waals surface area contributed by atoms with Gasteiger partial charge in [-0.1, -0.05) is 26.8 Å². The van der Waals surface area contributed by atoms with E-state index in [-0.39, 0.29) is 0 Å². The third kappa shape index (κ3) is 3.32. The second kappa shape index (κ2) is 6.43. The van der Waals surface area contributed by atoms with Crippen molar-refractivity contribution in [1.29, 1.82) is 0 Å². The number of rotatable bonds is 6. The highest BCUT2D eigenvalue weighted by molar-refractivity contribution is 5.50. The van der Waals surface area contributed by atoms with Crippen LogP contribution in [-0.4, -0.2) is 4.98 Å². The second-order valence-electron chi connectivity index (χ2n) is 4.82. The van der Waals surface area contributed by atoms with Gasteiger partial charge in [-0.3, -0.25) is 4.98 Å². The van der Waals surface area contributed by atoms with E-state index in [2.05, 4.69) is 32.3 Å². The molecule has 1 atom stereocenters. The van der Waals surface area contributed by atoms with E-state index in [4.69, 9.17) is 5.73 Å². The van der Waals surface area contributed by atoms with Crippen molar-refractivity contribution < 1.29 is 0 Å². The molecule has 0 aliphatic rings. The standard InChI is InChI=1S/C15H24N2/c1-5-7-8-12(6-2)15-14(11(3)4)13(16)9-10-17-15/h5,9-12H,1,6-8H2,2-4H3,(H2,16,17). The van der Waals surface area contributed by atoms with Crippen molar-refractivity contribution in [3.8, 4) is 0 Å². The summed E-state index contributed by atoms with van der Waals surface area (Å²) in [6.45, 7) is 10.4. The Bertz CT molecular complexity index is 369. The largest absolute Gasteiger partial charge is 0.398 e. The van der Waals surface area contributed by atoms with Crippen LogP contribution in [0.5, 0.6) is 0 Å². The van der Waals surface area contributed by atoms with Gasteiger partial charge in [-0.25, -0.2) is 0 Å². The van der Waals surface area contributed by atoms with E-state index in [1.807, 2.05) is 18.3 Å². The molecule has 0 radical (unpaired) electrons. The normalized spacial score (nSPS) is 12.7. The van der Waals surface area contributed by atoms with E-state index in [1.54, 1.807) is 0 Å². The topological polar surface area (TPSA) is 38.9 Å². The molecule has 17 heavy (non-hydrogen) atoms. The van der Waals surface area contributed by atoms with Crippen molar-refractivity contribution in [2.75, 3.05) is 5.73 Å². The first-order valence-corrected chi connectivity index (χ1v) is 6.46. The van der Waals surface area contributed by atoms with Crippen LogP contribution in [0.4, 0.5) is 5.69 Å². The Morgan fingerprint density at radius 2 is 2.18 bits per heavy atom. The molecule has 0 saturated carbocycles. The van der Waals surface area contributed by atoms with Crippen LogP contribution in [0.15, 0.2) is 24.9 Å². The second-order valence-corrected chi connectivity index (χ2v) is 4.82. The molecule has 0 aromatic carbocycles. The van der Waals surface area contributed by atoms with Gasteiger partial charge in [-0.05, 0) is 36.8 Å². The molecule has 0 aliphatic carbocycles. The summed E-state index contributed by atoms with van der Waals surface area (Å²) in [6.07, 6.45) is 7.05. The van der Waals surface area contributed by atoms with Gasteiger partial charge < -0.3 is 5.73 Å². The molecule has 0 aliphatic heterocycles. The molecule has 0 amide bonds. The smallest absolute Gasteiger partial charge is 0.0489 e. The number of hydrogen-bond acceptors (Lipinski definition) is 2. The van der Waals surface area contributed by atoms with Crippen molar-refractivity contribution in [3.05, 3.63) is 36.2 Å². The Morgan fingerprint density at radius 1 is 1.47 bits per heavy atom. The number of aromatic nitrogens is 1. The quantitative estimate of drug-likeness (QED) is 0.745. The zero-order chi connectivity index (χ0) is 12.8. The van der Waals surface area contributed by atoms with E-state index in [1.165, 1.54) is 11.3 Å². The molecule has 0 spiro atoms. The molecule has 1 aromatic heterocycles. The minimum atomic E-state index is 0.427. The Balaban J connectivity index is 3.09. The summed E-state index contributed by atoms with van der Waals surface area (Å²) in [5, 5.41) is 0. The van der Waals surface area contributed by atoms with Crippen LogP contribution < -0.4 is 5.73 Å². The number of pyridine rings is 1. The Morgan fingerprint density at radius 3 is 2.71 bits per heavy atom. The van der Waals surface area contributed by atoms with Crippen LogP contribution >= 0.6 is 0 Å². The molecule has 1 aromatic rings. The summed E-state index contributed by atoms with van der Waals surface area (Å²) in [5.41, 5.74) is 9.37. The number of nitrogen functional groups attached to an aromatic ring is 1. The van der Waals surface area contributed by atoms with Crippen LogP contribution in [0, 0.1) is 0 Å². The van der Waals surface area contributed by atoms with Gasteiger partial charge >= 0.3 is 0 Å². The molecule has 2 N–H and O–H groups in total. The van der Waals surface area contributed by atoms with Crippen LogP contribution in [0.1, 0.15) is 63.1 Å². The first-order chi connectivity index (χ1) is 8.11. The Hall–Kier alpha value is -1.31. The summed E-state index contributed by atoms with van der Waals surface area (Å²) in [4.78, 5) is 4.57. The van der Waals surface area contributed by atoms with Crippen molar-refractivity contribution in [2.24, 2.45) is 0 Å². The molecule has 1 heterocycles. The molecule has 0 fully saturated rings. The highest BCUT2D eigenvalue weighted by Gasteiger charge is 2.18. The van der Waals surface area contributed by atoms with Gasteiger partial charge in [0.2, 0.25) is 0 Å². The summed E-state index contributed by atoms with van der Waals surface area (Å²) in [5.74, 6) is 0.922.